The van der Waals surface area contributed by atoms with E-state index in [9.17, 15) is 0 Å². The summed E-state index contributed by atoms with van der Waals surface area (Å²) in [4.78, 5) is 4.67. The lowest BCUT2D eigenvalue weighted by atomic mass is 9.94. The van der Waals surface area contributed by atoms with E-state index in [2.05, 4.69) is 246 Å². The molecule has 65 heavy (non-hydrogen) atoms. The van der Waals surface area contributed by atoms with E-state index in [0.29, 0.717) is 5.02 Å². The lowest BCUT2D eigenvalue weighted by molar-refractivity contribution is 1.26. The monoisotopic (exact) mass is 846 g/mol. The van der Waals surface area contributed by atoms with Crippen molar-refractivity contribution >= 4 is 132 Å². The van der Waals surface area contributed by atoms with Gasteiger partial charge in [0.2, 0.25) is 0 Å². The highest BCUT2D eigenvalue weighted by Crippen LogP contribution is 2.49. The maximum Gasteiger partial charge on any atom is 0.0887 e. The number of nitrogens with zero attached hydrogens (tertiary/aromatic N) is 2. The summed E-state index contributed by atoms with van der Waals surface area (Å²) in [6.45, 7) is 0. The molecule has 3 heteroatoms. The van der Waals surface area contributed by atoms with Crippen LogP contribution in [0.1, 0.15) is 0 Å². The van der Waals surface area contributed by atoms with Gasteiger partial charge in [0.05, 0.1) is 16.4 Å². The minimum atomic E-state index is 0.640. The fraction of sp³-hybridized carbons (Fsp3) is 0. The van der Waals surface area contributed by atoms with Crippen molar-refractivity contribution in [1.82, 2.24) is 0 Å². The second kappa shape index (κ2) is 15.0. The van der Waals surface area contributed by atoms with Gasteiger partial charge in [-0.3, -0.25) is 0 Å². The van der Waals surface area contributed by atoms with E-state index in [4.69, 9.17) is 11.6 Å². The number of anilines is 6. The Morgan fingerprint density at radius 3 is 0.862 bits per heavy atom. The van der Waals surface area contributed by atoms with E-state index >= 15 is 0 Å². The summed E-state index contributed by atoms with van der Waals surface area (Å²) in [5.41, 5.74) is 5.85. The topological polar surface area (TPSA) is 6.48 Å². The molecule has 0 bridgehead atoms. The summed E-state index contributed by atoms with van der Waals surface area (Å²) in [6.07, 6.45) is 0. The number of rotatable bonds is 6. The maximum atomic E-state index is 8.03. The molecule has 2 nitrogen and oxygen atoms in total. The number of hydrogen-bond donors (Lipinski definition) is 0. The molecule has 13 aromatic rings. The Bertz CT molecular complexity index is 3730. The predicted molar refractivity (Wildman–Crippen MR) is 281 cm³/mol. The summed E-state index contributed by atoms with van der Waals surface area (Å²) in [6, 6.07) is 85.8. The van der Waals surface area contributed by atoms with Crippen LogP contribution in [0.5, 0.6) is 0 Å². The highest BCUT2D eigenvalue weighted by atomic mass is 35.5. The van der Waals surface area contributed by atoms with Gasteiger partial charge in [-0.05, 0) is 147 Å². The van der Waals surface area contributed by atoms with E-state index in [1.54, 1.807) is 0 Å². The van der Waals surface area contributed by atoms with Crippen LogP contribution in [0.2, 0.25) is 5.02 Å². The van der Waals surface area contributed by atoms with Gasteiger partial charge < -0.3 is 9.80 Å². The molecule has 0 aromatic heterocycles. The standard InChI is InChI=1S/C62H39ClN2/c63-62-60(64(44-30-28-40-14-1-3-16-42(40)36-44)46-32-34-56-52-22-7-5-18-48(52)50-20-9-11-24-54(50)58(56)38-46)26-13-27-61(62)65(45-31-29-41-15-2-4-17-43(41)37-45)47-33-35-57-53-23-8-6-19-49(53)51-21-10-12-25-55(51)59(57)39-47/h1-39H. The molecule has 0 saturated heterocycles. The largest absolute Gasteiger partial charge is 0.309 e. The summed E-state index contributed by atoms with van der Waals surface area (Å²) < 4.78 is 0. The first-order valence-corrected chi connectivity index (χ1v) is 22.6. The van der Waals surface area contributed by atoms with Gasteiger partial charge in [0.25, 0.3) is 0 Å². The molecule has 0 radical (unpaired) electrons. The van der Waals surface area contributed by atoms with Crippen molar-refractivity contribution in [3.05, 3.63) is 242 Å². The van der Waals surface area contributed by atoms with Crippen LogP contribution in [0.4, 0.5) is 34.1 Å². The lowest BCUT2D eigenvalue weighted by Gasteiger charge is -2.31. The highest BCUT2D eigenvalue weighted by molar-refractivity contribution is 6.37. The third-order valence-electron chi connectivity index (χ3n) is 13.4. The van der Waals surface area contributed by atoms with Gasteiger partial charge in [0, 0.05) is 22.7 Å². The fourth-order valence-electron chi connectivity index (χ4n) is 10.4. The molecule has 0 aliphatic heterocycles. The molecule has 0 N–H and O–H groups in total. The zero-order valence-electron chi connectivity index (χ0n) is 35.3. The summed E-state index contributed by atoms with van der Waals surface area (Å²) in [5.74, 6) is 0. The number of hydrogen-bond acceptors (Lipinski definition) is 2. The molecule has 13 aromatic carbocycles. The third kappa shape index (κ3) is 6.03. The molecule has 0 fully saturated rings. The third-order valence-corrected chi connectivity index (χ3v) is 13.8. The van der Waals surface area contributed by atoms with Gasteiger partial charge in [-0.1, -0.05) is 188 Å². The van der Waals surface area contributed by atoms with Crippen LogP contribution in [-0.4, -0.2) is 0 Å². The molecule has 13 rings (SSSR count). The molecule has 0 spiro atoms. The number of benzene rings is 13. The quantitative estimate of drug-likeness (QED) is 0.154. The molecule has 0 unspecified atom stereocenters. The predicted octanol–water partition coefficient (Wildman–Crippen LogP) is 18.5. The minimum Gasteiger partial charge on any atom is -0.309 e. The van der Waals surface area contributed by atoms with Crippen LogP contribution < -0.4 is 9.80 Å². The summed E-state index contributed by atoms with van der Waals surface area (Å²) in [5, 5.41) is 20.1. The van der Waals surface area contributed by atoms with Gasteiger partial charge in [0.1, 0.15) is 0 Å². The van der Waals surface area contributed by atoms with Crippen molar-refractivity contribution in [3.8, 4) is 0 Å². The lowest BCUT2D eigenvalue weighted by Crippen LogP contribution is -2.14. The summed E-state index contributed by atoms with van der Waals surface area (Å²) >= 11 is 8.03. The van der Waals surface area contributed by atoms with Gasteiger partial charge in [-0.25, -0.2) is 0 Å². The first-order valence-electron chi connectivity index (χ1n) is 22.2. The minimum absolute atomic E-state index is 0.640. The maximum absolute atomic E-state index is 8.03. The van der Waals surface area contributed by atoms with E-state index in [1.807, 2.05) is 0 Å². The molecular formula is C62H39ClN2. The van der Waals surface area contributed by atoms with Crippen molar-refractivity contribution in [2.45, 2.75) is 0 Å². The van der Waals surface area contributed by atoms with Crippen LogP contribution in [-0.2, 0) is 0 Å². The van der Waals surface area contributed by atoms with E-state index in [1.165, 1.54) is 75.4 Å². The Labute approximate surface area is 381 Å². The Kier molecular flexibility index (Phi) is 8.62. The van der Waals surface area contributed by atoms with E-state index in [-0.39, 0.29) is 0 Å². The van der Waals surface area contributed by atoms with Gasteiger partial charge in [0.15, 0.2) is 0 Å². The van der Waals surface area contributed by atoms with Gasteiger partial charge in [-0.2, -0.15) is 0 Å². The van der Waals surface area contributed by atoms with Crippen molar-refractivity contribution in [1.29, 1.82) is 0 Å². The van der Waals surface area contributed by atoms with E-state index < -0.39 is 0 Å². The van der Waals surface area contributed by atoms with E-state index in [0.717, 1.165) is 44.9 Å². The first kappa shape index (κ1) is 37.4. The molecule has 0 atom stereocenters. The van der Waals surface area contributed by atoms with Crippen LogP contribution in [0.3, 0.4) is 0 Å². The van der Waals surface area contributed by atoms with Gasteiger partial charge >= 0.3 is 0 Å². The molecule has 0 aliphatic carbocycles. The Morgan fingerprint density at radius 2 is 0.492 bits per heavy atom. The van der Waals surface area contributed by atoms with Crippen molar-refractivity contribution in [2.75, 3.05) is 9.80 Å². The second-order valence-electron chi connectivity index (χ2n) is 17.0. The Balaban J connectivity index is 1.07. The number of fused-ring (bicyclic) bond motifs is 14. The SMILES string of the molecule is Clc1c(N(c2ccc3ccccc3c2)c2ccc3c4ccccc4c4ccccc4c3c2)cccc1N(c1ccc2ccccc2c1)c1ccc2c3ccccc3c3ccccc3c2c1. The van der Waals surface area contributed by atoms with Crippen molar-refractivity contribution in [2.24, 2.45) is 0 Å². The Hall–Kier alpha value is -8.17. The number of halogens is 1. The van der Waals surface area contributed by atoms with Crippen LogP contribution in [0.25, 0.3) is 86.2 Å². The average Bonchev–Trinajstić information content (AvgIpc) is 3.37. The first-order chi connectivity index (χ1) is 32.2. The highest BCUT2D eigenvalue weighted by Gasteiger charge is 2.24. The normalized spacial score (nSPS) is 11.8. The Morgan fingerprint density at radius 1 is 0.215 bits per heavy atom. The summed E-state index contributed by atoms with van der Waals surface area (Å²) in [7, 11) is 0. The van der Waals surface area contributed by atoms with Crippen LogP contribution in [0, 0.1) is 0 Å². The zero-order chi connectivity index (χ0) is 43.0. The van der Waals surface area contributed by atoms with Gasteiger partial charge in [-0.15, -0.1) is 0 Å². The van der Waals surface area contributed by atoms with Crippen molar-refractivity contribution < 1.29 is 0 Å². The zero-order valence-corrected chi connectivity index (χ0v) is 36.0. The van der Waals surface area contributed by atoms with Crippen LogP contribution >= 0.6 is 11.6 Å². The van der Waals surface area contributed by atoms with Crippen molar-refractivity contribution in [3.63, 3.8) is 0 Å². The molecule has 0 aliphatic rings. The van der Waals surface area contributed by atoms with Crippen LogP contribution in [0.15, 0.2) is 237 Å². The fourth-order valence-corrected chi connectivity index (χ4v) is 10.7. The molecule has 0 saturated carbocycles. The second-order valence-corrected chi connectivity index (χ2v) is 17.4. The molecular weight excluding hydrogens is 808 g/mol. The molecule has 0 amide bonds. The smallest absolute Gasteiger partial charge is 0.0887 e. The molecule has 0 heterocycles. The average molecular weight is 847 g/mol. The molecule has 304 valence electrons.